The molecule has 134 valence electrons. The van der Waals surface area contributed by atoms with Gasteiger partial charge in [-0.15, -0.1) is 0 Å². The van der Waals surface area contributed by atoms with Gasteiger partial charge >= 0.3 is 0 Å². The highest BCUT2D eigenvalue weighted by Gasteiger charge is 2.41. The van der Waals surface area contributed by atoms with Crippen LogP contribution < -0.4 is 11.1 Å². The first-order valence-corrected chi connectivity index (χ1v) is 8.49. The van der Waals surface area contributed by atoms with E-state index in [1.165, 1.54) is 0 Å². The van der Waals surface area contributed by atoms with Crippen molar-refractivity contribution in [1.82, 2.24) is 9.88 Å². The molecule has 3 rings (SSSR count). The minimum absolute atomic E-state index is 0.156. The van der Waals surface area contributed by atoms with Gasteiger partial charge in [-0.25, -0.2) is 0 Å². The summed E-state index contributed by atoms with van der Waals surface area (Å²) in [5.41, 5.74) is 6.43. The predicted octanol–water partition coefficient (Wildman–Crippen LogP) is 2.13. The van der Waals surface area contributed by atoms with Gasteiger partial charge in [0.05, 0.1) is 0 Å². The standard InChI is InChI=1S/C18H24N4O3/c1-18(2,3)14(16(24)22-10-6-8-12(22)15(19)23)21-17-20-11-7-4-5-9-13(11)25-17/h4-5,7,9,12,14H,6,8,10H2,1-3H3,(H2,19,23)(H,20,21)/t12-,14+/m0/s1. The van der Waals surface area contributed by atoms with E-state index in [9.17, 15) is 9.59 Å². The zero-order chi connectivity index (χ0) is 18.2. The minimum Gasteiger partial charge on any atom is -0.424 e. The van der Waals surface area contributed by atoms with Gasteiger partial charge in [-0.1, -0.05) is 32.9 Å². The second kappa shape index (κ2) is 6.38. The third-order valence-corrected chi connectivity index (χ3v) is 4.54. The summed E-state index contributed by atoms with van der Waals surface area (Å²) in [6, 6.07) is 6.59. The summed E-state index contributed by atoms with van der Waals surface area (Å²) in [6.45, 7) is 6.41. The zero-order valence-corrected chi connectivity index (χ0v) is 14.8. The van der Waals surface area contributed by atoms with Gasteiger partial charge in [-0.3, -0.25) is 9.59 Å². The highest BCUT2D eigenvalue weighted by Crippen LogP contribution is 2.29. The van der Waals surface area contributed by atoms with Crippen molar-refractivity contribution >= 4 is 28.9 Å². The van der Waals surface area contributed by atoms with Gasteiger partial charge < -0.3 is 20.4 Å². The van der Waals surface area contributed by atoms with Crippen LogP contribution in [-0.2, 0) is 9.59 Å². The zero-order valence-electron chi connectivity index (χ0n) is 14.8. The molecular formula is C18H24N4O3. The van der Waals surface area contributed by atoms with Crippen molar-refractivity contribution in [3.63, 3.8) is 0 Å². The summed E-state index contributed by atoms with van der Waals surface area (Å²) in [5, 5.41) is 3.12. The molecule has 1 aliphatic rings. The highest BCUT2D eigenvalue weighted by molar-refractivity contribution is 5.91. The fourth-order valence-corrected chi connectivity index (χ4v) is 3.20. The SMILES string of the molecule is CC(C)(C)[C@H](Nc1nc2ccccc2o1)C(=O)N1CCC[C@H]1C(N)=O. The maximum absolute atomic E-state index is 13.1. The Labute approximate surface area is 146 Å². The second-order valence-electron chi connectivity index (χ2n) is 7.52. The number of hydrogen-bond donors (Lipinski definition) is 2. The van der Waals surface area contributed by atoms with Crippen LogP contribution in [0.15, 0.2) is 28.7 Å². The molecule has 0 saturated carbocycles. The lowest BCUT2D eigenvalue weighted by Crippen LogP contribution is -2.53. The smallest absolute Gasteiger partial charge is 0.296 e. The molecule has 0 unspecified atom stereocenters. The van der Waals surface area contributed by atoms with Crippen LogP contribution in [-0.4, -0.2) is 40.3 Å². The van der Waals surface area contributed by atoms with E-state index in [0.717, 1.165) is 11.9 Å². The van der Waals surface area contributed by atoms with E-state index >= 15 is 0 Å². The number of amides is 2. The number of nitrogens with two attached hydrogens (primary N) is 1. The third-order valence-electron chi connectivity index (χ3n) is 4.54. The lowest BCUT2D eigenvalue weighted by Gasteiger charge is -2.34. The number of benzene rings is 1. The van der Waals surface area contributed by atoms with Gasteiger partial charge in [0.15, 0.2) is 5.58 Å². The molecule has 25 heavy (non-hydrogen) atoms. The van der Waals surface area contributed by atoms with Crippen molar-refractivity contribution in [2.45, 2.75) is 45.7 Å². The second-order valence-corrected chi connectivity index (χ2v) is 7.52. The average molecular weight is 344 g/mol. The number of aromatic nitrogens is 1. The molecule has 2 aromatic rings. The van der Waals surface area contributed by atoms with Crippen LogP contribution in [0.1, 0.15) is 33.6 Å². The van der Waals surface area contributed by atoms with Crippen molar-refractivity contribution in [3.8, 4) is 0 Å². The molecule has 2 heterocycles. The summed E-state index contributed by atoms with van der Waals surface area (Å²) in [5.74, 6) is -0.614. The minimum atomic E-state index is -0.583. The maximum atomic E-state index is 13.1. The number of likely N-dealkylation sites (tertiary alicyclic amines) is 1. The van der Waals surface area contributed by atoms with Crippen LogP contribution >= 0.6 is 0 Å². The molecule has 1 aromatic heterocycles. The largest absolute Gasteiger partial charge is 0.424 e. The number of para-hydroxylation sites is 2. The first kappa shape index (κ1) is 17.3. The van der Waals surface area contributed by atoms with Crippen LogP contribution in [0.25, 0.3) is 11.1 Å². The molecule has 7 nitrogen and oxygen atoms in total. The number of anilines is 1. The average Bonchev–Trinajstić information content (AvgIpc) is 3.17. The quantitative estimate of drug-likeness (QED) is 0.885. The number of rotatable bonds is 4. The Morgan fingerprint density at radius 2 is 2.08 bits per heavy atom. The van der Waals surface area contributed by atoms with Crippen LogP contribution in [0.5, 0.6) is 0 Å². The summed E-state index contributed by atoms with van der Waals surface area (Å²) in [6.07, 6.45) is 1.39. The van der Waals surface area contributed by atoms with Crippen molar-refractivity contribution in [2.75, 3.05) is 11.9 Å². The lowest BCUT2D eigenvalue weighted by molar-refractivity contribution is -0.139. The molecule has 0 aliphatic carbocycles. The Bertz CT molecular complexity index is 760. The number of nitrogens with zero attached hydrogens (tertiary/aromatic N) is 2. The number of carbonyl (C=O) groups excluding carboxylic acids is 2. The molecule has 0 bridgehead atoms. The molecule has 0 spiro atoms. The molecule has 0 radical (unpaired) electrons. The maximum Gasteiger partial charge on any atom is 0.296 e. The van der Waals surface area contributed by atoms with E-state index in [-0.39, 0.29) is 5.91 Å². The highest BCUT2D eigenvalue weighted by atomic mass is 16.4. The Balaban J connectivity index is 1.87. The van der Waals surface area contributed by atoms with Crippen LogP contribution in [0.3, 0.4) is 0 Å². The molecule has 2 amide bonds. The summed E-state index contributed by atoms with van der Waals surface area (Å²) in [4.78, 5) is 30.7. The number of hydrogen-bond acceptors (Lipinski definition) is 5. The van der Waals surface area contributed by atoms with E-state index in [4.69, 9.17) is 10.2 Å². The number of fused-ring (bicyclic) bond motifs is 1. The third kappa shape index (κ3) is 3.45. The van der Waals surface area contributed by atoms with Gasteiger partial charge in [0.2, 0.25) is 11.8 Å². The monoisotopic (exact) mass is 344 g/mol. The first-order chi connectivity index (χ1) is 11.8. The van der Waals surface area contributed by atoms with Gasteiger partial charge in [0, 0.05) is 6.54 Å². The van der Waals surface area contributed by atoms with E-state index in [2.05, 4.69) is 10.3 Å². The topological polar surface area (TPSA) is 101 Å². The summed E-state index contributed by atoms with van der Waals surface area (Å²) in [7, 11) is 0. The van der Waals surface area contributed by atoms with E-state index in [1.807, 2.05) is 45.0 Å². The normalized spacial score (nSPS) is 19.2. The Morgan fingerprint density at radius 1 is 1.36 bits per heavy atom. The number of primary amides is 1. The predicted molar refractivity (Wildman–Crippen MR) is 94.8 cm³/mol. The van der Waals surface area contributed by atoms with E-state index in [0.29, 0.717) is 24.6 Å². The molecule has 1 saturated heterocycles. The molecule has 3 N–H and O–H groups in total. The van der Waals surface area contributed by atoms with Crippen molar-refractivity contribution in [3.05, 3.63) is 24.3 Å². The first-order valence-electron chi connectivity index (χ1n) is 8.49. The Morgan fingerprint density at radius 3 is 2.72 bits per heavy atom. The Hall–Kier alpha value is -2.57. The van der Waals surface area contributed by atoms with Crippen LogP contribution in [0, 0.1) is 5.41 Å². The lowest BCUT2D eigenvalue weighted by atomic mass is 9.85. The summed E-state index contributed by atoms with van der Waals surface area (Å²) < 4.78 is 5.70. The van der Waals surface area contributed by atoms with Crippen molar-refractivity contribution in [1.29, 1.82) is 0 Å². The van der Waals surface area contributed by atoms with E-state index in [1.54, 1.807) is 4.90 Å². The van der Waals surface area contributed by atoms with Gasteiger partial charge in [0.1, 0.15) is 17.6 Å². The summed E-state index contributed by atoms with van der Waals surface area (Å²) >= 11 is 0. The molecule has 7 heteroatoms. The van der Waals surface area contributed by atoms with Gasteiger partial charge in [0.25, 0.3) is 6.01 Å². The molecule has 1 aromatic carbocycles. The number of carbonyl (C=O) groups is 2. The van der Waals surface area contributed by atoms with Gasteiger partial charge in [-0.05, 0) is 30.4 Å². The van der Waals surface area contributed by atoms with Crippen molar-refractivity contribution in [2.24, 2.45) is 11.1 Å². The number of oxazole rings is 1. The van der Waals surface area contributed by atoms with E-state index < -0.39 is 23.4 Å². The van der Waals surface area contributed by atoms with Gasteiger partial charge in [-0.2, -0.15) is 4.98 Å². The van der Waals surface area contributed by atoms with Crippen molar-refractivity contribution < 1.29 is 14.0 Å². The number of nitrogens with one attached hydrogen (secondary N) is 1. The molecule has 1 fully saturated rings. The van der Waals surface area contributed by atoms with Crippen LogP contribution in [0.4, 0.5) is 6.01 Å². The molecule has 1 aliphatic heterocycles. The molecule has 2 atom stereocenters. The fourth-order valence-electron chi connectivity index (χ4n) is 3.20. The molecular weight excluding hydrogens is 320 g/mol. The van der Waals surface area contributed by atoms with Crippen LogP contribution in [0.2, 0.25) is 0 Å². The Kier molecular flexibility index (Phi) is 4.41. The fraction of sp³-hybridized carbons (Fsp3) is 0.500.